The van der Waals surface area contributed by atoms with Crippen LogP contribution in [0.4, 0.5) is 10.1 Å². The normalized spacial score (nSPS) is 16.3. The number of hydrogen-bond acceptors (Lipinski definition) is 7. The minimum absolute atomic E-state index is 0.187. The fraction of sp³-hybridized carbons (Fsp3) is 0.364. The molecular weight excluding hydrogens is 387 g/mol. The number of nitrogens with zero attached hydrogens (tertiary/aromatic N) is 3. The van der Waals surface area contributed by atoms with Gasteiger partial charge in [0.25, 0.3) is 5.89 Å². The van der Waals surface area contributed by atoms with Crippen LogP contribution in [0, 0.1) is 12.7 Å². The topological polar surface area (TPSA) is 72.7 Å². The highest BCUT2D eigenvalue weighted by molar-refractivity contribution is 5.60. The van der Waals surface area contributed by atoms with E-state index in [2.05, 4.69) is 20.4 Å². The number of anilines is 1. The lowest BCUT2D eigenvalue weighted by atomic mass is 10.0. The van der Waals surface area contributed by atoms with Crippen LogP contribution in [0.25, 0.3) is 11.5 Å². The summed E-state index contributed by atoms with van der Waals surface area (Å²) in [6.45, 7) is 4.60. The van der Waals surface area contributed by atoms with Crippen molar-refractivity contribution in [3.63, 3.8) is 0 Å². The number of benzene rings is 2. The molecule has 0 aliphatic carbocycles. The maximum absolute atomic E-state index is 13.3. The van der Waals surface area contributed by atoms with Crippen LogP contribution in [0.5, 0.6) is 11.5 Å². The minimum atomic E-state index is -0.187. The SMILES string of the molecule is Cc1cc(F)ccc1N1CCC(NCc2noc(-c3ccc4c(c3)OCO4)n2)CC1. The maximum atomic E-state index is 13.3. The number of aromatic nitrogens is 2. The summed E-state index contributed by atoms with van der Waals surface area (Å²) in [5, 5.41) is 7.61. The van der Waals surface area contributed by atoms with E-state index in [9.17, 15) is 4.39 Å². The lowest BCUT2D eigenvalue weighted by Gasteiger charge is -2.34. The molecule has 5 rings (SSSR count). The van der Waals surface area contributed by atoms with E-state index in [0.717, 1.165) is 48.5 Å². The number of nitrogens with one attached hydrogen (secondary N) is 1. The molecular formula is C22H23FN4O3. The van der Waals surface area contributed by atoms with Crippen LogP contribution in [0.1, 0.15) is 24.2 Å². The largest absolute Gasteiger partial charge is 0.454 e. The van der Waals surface area contributed by atoms with Crippen LogP contribution >= 0.6 is 0 Å². The lowest BCUT2D eigenvalue weighted by molar-refractivity contribution is 0.174. The zero-order valence-corrected chi connectivity index (χ0v) is 16.7. The second-order valence-electron chi connectivity index (χ2n) is 7.66. The highest BCUT2D eigenvalue weighted by Gasteiger charge is 2.21. The van der Waals surface area contributed by atoms with Crippen LogP contribution < -0.4 is 19.7 Å². The highest BCUT2D eigenvalue weighted by atomic mass is 19.1. The Balaban J connectivity index is 1.15. The average molecular weight is 410 g/mol. The number of fused-ring (bicyclic) bond motifs is 1. The Bertz CT molecular complexity index is 1050. The van der Waals surface area contributed by atoms with Crippen molar-refractivity contribution in [2.75, 3.05) is 24.8 Å². The number of hydrogen-bond donors (Lipinski definition) is 1. The van der Waals surface area contributed by atoms with Crippen molar-refractivity contribution in [3.8, 4) is 23.0 Å². The molecule has 0 radical (unpaired) electrons. The Kier molecular flexibility index (Phi) is 5.00. The van der Waals surface area contributed by atoms with Crippen molar-refractivity contribution in [1.29, 1.82) is 0 Å². The first-order valence-corrected chi connectivity index (χ1v) is 10.1. The van der Waals surface area contributed by atoms with Gasteiger partial charge in [-0.15, -0.1) is 0 Å². The summed E-state index contributed by atoms with van der Waals surface area (Å²) in [6.07, 6.45) is 2.01. The Morgan fingerprint density at radius 2 is 1.93 bits per heavy atom. The van der Waals surface area contributed by atoms with Crippen LogP contribution in [0.2, 0.25) is 0 Å². The molecule has 2 aliphatic heterocycles. The van der Waals surface area contributed by atoms with Crippen LogP contribution in [-0.4, -0.2) is 36.1 Å². The summed E-state index contributed by atoms with van der Waals surface area (Å²) in [7, 11) is 0. The molecule has 0 amide bonds. The van der Waals surface area contributed by atoms with Crippen LogP contribution in [-0.2, 0) is 6.54 Å². The smallest absolute Gasteiger partial charge is 0.258 e. The predicted molar refractivity (Wildman–Crippen MR) is 109 cm³/mol. The fourth-order valence-electron chi connectivity index (χ4n) is 4.01. The third-order valence-electron chi connectivity index (χ3n) is 5.63. The van der Waals surface area contributed by atoms with Gasteiger partial charge in [-0.05, 0) is 61.7 Å². The molecule has 2 aromatic carbocycles. The molecule has 156 valence electrons. The van der Waals surface area contributed by atoms with Crippen LogP contribution in [0.3, 0.4) is 0 Å². The minimum Gasteiger partial charge on any atom is -0.454 e. The number of ether oxygens (including phenoxy) is 2. The highest BCUT2D eigenvalue weighted by Crippen LogP contribution is 2.35. The average Bonchev–Trinajstić information content (AvgIpc) is 3.42. The molecule has 8 heteroatoms. The molecule has 3 aromatic rings. The zero-order chi connectivity index (χ0) is 20.5. The van der Waals surface area contributed by atoms with Gasteiger partial charge in [0.15, 0.2) is 17.3 Å². The molecule has 0 bridgehead atoms. The zero-order valence-electron chi connectivity index (χ0n) is 16.7. The predicted octanol–water partition coefficient (Wildman–Crippen LogP) is 3.67. The second-order valence-corrected chi connectivity index (χ2v) is 7.66. The maximum Gasteiger partial charge on any atom is 0.258 e. The Labute approximate surface area is 173 Å². The van der Waals surface area contributed by atoms with E-state index in [1.807, 2.05) is 31.2 Å². The Morgan fingerprint density at radius 1 is 1.10 bits per heavy atom. The van der Waals surface area contributed by atoms with E-state index >= 15 is 0 Å². The molecule has 1 saturated heterocycles. The van der Waals surface area contributed by atoms with Gasteiger partial charge in [0.1, 0.15) is 5.82 Å². The van der Waals surface area contributed by atoms with Gasteiger partial charge in [0.2, 0.25) is 6.79 Å². The molecule has 1 N–H and O–H groups in total. The summed E-state index contributed by atoms with van der Waals surface area (Å²) in [4.78, 5) is 6.81. The van der Waals surface area contributed by atoms with Gasteiger partial charge in [-0.25, -0.2) is 4.39 Å². The van der Waals surface area contributed by atoms with Crippen molar-refractivity contribution in [3.05, 3.63) is 53.6 Å². The molecule has 2 aliphatic rings. The number of halogens is 1. The van der Waals surface area contributed by atoms with E-state index < -0.39 is 0 Å². The fourth-order valence-corrected chi connectivity index (χ4v) is 4.01. The molecule has 0 unspecified atom stereocenters. The van der Waals surface area contributed by atoms with Crippen molar-refractivity contribution < 1.29 is 18.4 Å². The van der Waals surface area contributed by atoms with Gasteiger partial charge in [-0.3, -0.25) is 0 Å². The van der Waals surface area contributed by atoms with E-state index in [4.69, 9.17) is 14.0 Å². The molecule has 0 spiro atoms. The molecule has 30 heavy (non-hydrogen) atoms. The lowest BCUT2D eigenvalue weighted by Crippen LogP contribution is -2.42. The van der Waals surface area contributed by atoms with E-state index in [0.29, 0.717) is 30.1 Å². The van der Waals surface area contributed by atoms with Crippen molar-refractivity contribution in [2.45, 2.75) is 32.4 Å². The molecule has 7 nitrogen and oxygen atoms in total. The monoisotopic (exact) mass is 410 g/mol. The molecule has 0 saturated carbocycles. The third kappa shape index (κ3) is 3.82. The van der Waals surface area contributed by atoms with Gasteiger partial charge in [0.05, 0.1) is 6.54 Å². The first kappa shape index (κ1) is 18.9. The molecule has 3 heterocycles. The second kappa shape index (κ2) is 7.95. The summed E-state index contributed by atoms with van der Waals surface area (Å²) in [6, 6.07) is 10.9. The van der Waals surface area contributed by atoms with Gasteiger partial charge >= 0.3 is 0 Å². The molecule has 0 atom stereocenters. The summed E-state index contributed by atoms with van der Waals surface area (Å²) >= 11 is 0. The van der Waals surface area contributed by atoms with E-state index in [1.165, 1.54) is 6.07 Å². The number of rotatable bonds is 5. The first-order valence-electron chi connectivity index (χ1n) is 10.1. The summed E-state index contributed by atoms with van der Waals surface area (Å²) in [5.74, 6) is 2.31. The van der Waals surface area contributed by atoms with Crippen molar-refractivity contribution >= 4 is 5.69 Å². The van der Waals surface area contributed by atoms with Gasteiger partial charge < -0.3 is 24.2 Å². The number of piperidine rings is 1. The number of aryl methyl sites for hydroxylation is 1. The molecule has 1 aromatic heterocycles. The first-order chi connectivity index (χ1) is 14.7. The van der Waals surface area contributed by atoms with E-state index in [1.54, 1.807) is 6.07 Å². The standard InChI is InChI=1S/C22H23FN4O3/c1-14-10-16(23)3-4-18(14)27-8-6-17(7-9-27)24-12-21-25-22(30-26-21)15-2-5-19-20(11-15)29-13-28-19/h2-5,10-11,17,24H,6-9,12-13H2,1H3. The van der Waals surface area contributed by atoms with Gasteiger partial charge in [0, 0.05) is 30.4 Å². The van der Waals surface area contributed by atoms with Gasteiger partial charge in [-0.2, -0.15) is 4.98 Å². The molecule has 1 fully saturated rings. The quantitative estimate of drug-likeness (QED) is 0.688. The summed E-state index contributed by atoms with van der Waals surface area (Å²) < 4.78 is 29.5. The van der Waals surface area contributed by atoms with Crippen molar-refractivity contribution in [1.82, 2.24) is 15.5 Å². The van der Waals surface area contributed by atoms with Gasteiger partial charge in [-0.1, -0.05) is 5.16 Å². The Morgan fingerprint density at radius 3 is 2.77 bits per heavy atom. The third-order valence-corrected chi connectivity index (χ3v) is 5.63. The van der Waals surface area contributed by atoms with Crippen LogP contribution in [0.15, 0.2) is 40.9 Å². The Hall–Kier alpha value is -3.13. The summed E-state index contributed by atoms with van der Waals surface area (Å²) in [5.41, 5.74) is 2.90. The van der Waals surface area contributed by atoms with Crippen molar-refractivity contribution in [2.24, 2.45) is 0 Å². The van der Waals surface area contributed by atoms with E-state index in [-0.39, 0.29) is 12.6 Å².